The predicted molar refractivity (Wildman–Crippen MR) is 133 cm³/mol. The van der Waals surface area contributed by atoms with Crippen LogP contribution in [0.3, 0.4) is 0 Å². The molecule has 0 bridgehead atoms. The molecule has 0 saturated heterocycles. The number of nitrogens with zero attached hydrogens (tertiary/aromatic N) is 1. The molecule has 1 rings (SSSR count). The van der Waals surface area contributed by atoms with Crippen LogP contribution in [0.2, 0.25) is 0 Å². The van der Waals surface area contributed by atoms with Gasteiger partial charge < -0.3 is 10.2 Å². The summed E-state index contributed by atoms with van der Waals surface area (Å²) in [5.74, 6) is -1.19. The van der Waals surface area contributed by atoms with Crippen LogP contribution in [0, 0.1) is 0 Å². The minimum atomic E-state index is -1.23. The predicted octanol–water partition coefficient (Wildman–Crippen LogP) is 5.15. The van der Waals surface area contributed by atoms with Crippen LogP contribution in [0.15, 0.2) is 30.6 Å². The number of rotatable bonds is 16. The molecular weight excluding hydrogens is 413 g/mol. The number of aliphatic hydroxyl groups is 1. The van der Waals surface area contributed by atoms with E-state index < -0.39 is 12.1 Å². The summed E-state index contributed by atoms with van der Waals surface area (Å²) in [6, 6.07) is 6.31. The van der Waals surface area contributed by atoms with E-state index in [1.165, 1.54) is 103 Å². The molecule has 1 atom stereocenters. The van der Waals surface area contributed by atoms with E-state index in [1.54, 1.807) is 0 Å². The van der Waals surface area contributed by atoms with Gasteiger partial charge >= 0.3 is 5.97 Å². The van der Waals surface area contributed by atoms with Gasteiger partial charge in [0.05, 0.1) is 0 Å². The van der Waals surface area contributed by atoms with Gasteiger partial charge in [-0.1, -0.05) is 90.0 Å². The molecule has 0 aliphatic rings. The van der Waals surface area contributed by atoms with Crippen molar-refractivity contribution < 1.29 is 19.6 Å². The molecular formula is C24H48AlClNO3+. The zero-order chi connectivity index (χ0) is 20.9. The molecule has 0 saturated carbocycles. The van der Waals surface area contributed by atoms with Crippen molar-refractivity contribution >= 4 is 35.7 Å². The van der Waals surface area contributed by atoms with Crippen molar-refractivity contribution in [2.45, 2.75) is 116 Å². The number of pyridine rings is 1. The first-order chi connectivity index (χ1) is 13.6. The lowest BCUT2D eigenvalue weighted by Crippen LogP contribution is -2.32. The first-order valence-corrected chi connectivity index (χ1v) is 11.4. The third-order valence-electron chi connectivity index (χ3n) is 4.90. The minimum absolute atomic E-state index is 0. The van der Waals surface area contributed by atoms with Crippen molar-refractivity contribution in [2.24, 2.45) is 0 Å². The van der Waals surface area contributed by atoms with E-state index in [9.17, 15) is 4.79 Å². The number of carbonyl (C=O) groups is 1. The smallest absolute Gasteiger partial charge is 0.332 e. The van der Waals surface area contributed by atoms with E-state index in [0.29, 0.717) is 0 Å². The number of unbranched alkanes of at least 4 members (excludes halogenated alkanes) is 13. The maximum absolute atomic E-state index is 9.45. The molecule has 0 aromatic carbocycles. The average molecular weight is 461 g/mol. The quantitative estimate of drug-likeness (QED) is 0.204. The molecule has 1 heterocycles. The maximum Gasteiger partial charge on any atom is 0.332 e. The first kappa shape index (κ1) is 34.0. The summed E-state index contributed by atoms with van der Waals surface area (Å²) < 4.78 is 2.29. The topological polar surface area (TPSA) is 61.4 Å². The monoisotopic (exact) mass is 460 g/mol. The Morgan fingerprint density at radius 3 is 1.43 bits per heavy atom. The molecule has 0 spiro atoms. The Balaban J connectivity index is -0.000000799. The van der Waals surface area contributed by atoms with E-state index in [-0.39, 0.29) is 29.8 Å². The number of halogens is 1. The highest BCUT2D eigenvalue weighted by Gasteiger charge is 2.01. The second-order valence-corrected chi connectivity index (χ2v) is 7.72. The molecule has 2 N–H and O–H groups in total. The van der Waals surface area contributed by atoms with Gasteiger partial charge in [-0.2, -0.15) is 0 Å². The van der Waals surface area contributed by atoms with Crippen molar-refractivity contribution in [1.29, 1.82) is 0 Å². The SMILES string of the molecule is CC(O)C(=O)O.CCCCCCCCCCCCCCCC[n+]1ccccc1.Cl.[AlH3]. The van der Waals surface area contributed by atoms with Gasteiger partial charge in [0.1, 0.15) is 12.6 Å². The van der Waals surface area contributed by atoms with Crippen LogP contribution in [-0.4, -0.2) is 39.6 Å². The van der Waals surface area contributed by atoms with Crippen molar-refractivity contribution in [3.8, 4) is 0 Å². The molecule has 1 unspecified atom stereocenters. The number of carboxylic acids is 1. The van der Waals surface area contributed by atoms with Gasteiger partial charge in [-0.05, 0) is 13.3 Å². The molecule has 4 nitrogen and oxygen atoms in total. The van der Waals surface area contributed by atoms with Gasteiger partial charge in [-0.3, -0.25) is 0 Å². The zero-order valence-corrected chi connectivity index (χ0v) is 19.5. The fourth-order valence-electron chi connectivity index (χ4n) is 3.07. The number of aliphatic hydroxyl groups excluding tert-OH is 1. The number of hydrogen-bond donors (Lipinski definition) is 2. The van der Waals surface area contributed by atoms with Gasteiger partial charge in [0, 0.05) is 18.6 Å². The zero-order valence-electron chi connectivity index (χ0n) is 18.7. The Labute approximate surface area is 202 Å². The standard InChI is InChI=1S/C21H38N.C3H6O3.Al.ClH.3H/c1-2-3-4-5-6-7-8-9-10-11-12-13-14-16-19-22-20-17-15-18-21-22;1-2(4)3(5)6;;;;;/h15,17-18,20-21H,2-14,16,19H2,1H3;2,4H,1H3,(H,5,6);;1H;;;/q+1;;;;;;. The highest BCUT2D eigenvalue weighted by atomic mass is 35.5. The van der Waals surface area contributed by atoms with E-state index in [2.05, 4.69) is 42.1 Å². The van der Waals surface area contributed by atoms with Gasteiger partial charge in [0.15, 0.2) is 29.8 Å². The molecule has 176 valence electrons. The van der Waals surface area contributed by atoms with Gasteiger partial charge in [-0.25, -0.2) is 9.36 Å². The van der Waals surface area contributed by atoms with Crippen LogP contribution in [0.1, 0.15) is 104 Å². The Morgan fingerprint density at radius 2 is 1.10 bits per heavy atom. The third-order valence-corrected chi connectivity index (χ3v) is 4.90. The largest absolute Gasteiger partial charge is 0.479 e. The number of carboxylic acid groups (broad SMARTS) is 1. The summed E-state index contributed by atoms with van der Waals surface area (Å²) in [4.78, 5) is 9.45. The molecule has 30 heavy (non-hydrogen) atoms. The van der Waals surface area contributed by atoms with Crippen LogP contribution < -0.4 is 4.57 Å². The summed E-state index contributed by atoms with van der Waals surface area (Å²) in [5.41, 5.74) is 0. The molecule has 0 fully saturated rings. The normalized spacial score (nSPS) is 10.8. The second kappa shape index (κ2) is 26.4. The Morgan fingerprint density at radius 1 is 0.767 bits per heavy atom. The van der Waals surface area contributed by atoms with Gasteiger partial charge in [-0.15, -0.1) is 12.4 Å². The van der Waals surface area contributed by atoms with E-state index >= 15 is 0 Å². The number of aromatic nitrogens is 1. The molecule has 0 radical (unpaired) electrons. The van der Waals surface area contributed by atoms with Crippen molar-refractivity contribution in [2.75, 3.05) is 0 Å². The number of aliphatic carboxylic acids is 1. The van der Waals surface area contributed by atoms with Crippen LogP contribution in [0.5, 0.6) is 0 Å². The van der Waals surface area contributed by atoms with Gasteiger partial charge in [0.25, 0.3) is 0 Å². The second-order valence-electron chi connectivity index (χ2n) is 7.72. The van der Waals surface area contributed by atoms with Gasteiger partial charge in [0.2, 0.25) is 0 Å². The van der Waals surface area contributed by atoms with E-state index in [0.717, 1.165) is 0 Å². The Bertz CT molecular complexity index is 461. The Hall–Kier alpha value is -0.598. The van der Waals surface area contributed by atoms with E-state index in [4.69, 9.17) is 10.2 Å². The maximum atomic E-state index is 9.45. The van der Waals surface area contributed by atoms with Crippen LogP contribution in [0.25, 0.3) is 0 Å². The average Bonchev–Trinajstić information content (AvgIpc) is 2.69. The highest BCUT2D eigenvalue weighted by molar-refractivity contribution is 5.85. The lowest BCUT2D eigenvalue weighted by molar-refractivity contribution is -0.697. The first-order valence-electron chi connectivity index (χ1n) is 11.4. The van der Waals surface area contributed by atoms with E-state index in [1.807, 2.05) is 0 Å². The Kier molecular flexibility index (Phi) is 30.0. The molecule has 0 aliphatic carbocycles. The number of hydrogen-bond acceptors (Lipinski definition) is 2. The summed E-state index contributed by atoms with van der Waals surface area (Å²) in [7, 11) is 0. The molecule has 0 amide bonds. The summed E-state index contributed by atoms with van der Waals surface area (Å²) in [6.07, 6.45) is 23.2. The molecule has 6 heteroatoms. The lowest BCUT2D eigenvalue weighted by Gasteiger charge is -2.02. The summed E-state index contributed by atoms with van der Waals surface area (Å²) in [5, 5.41) is 15.8. The fraction of sp³-hybridized carbons (Fsp3) is 0.750. The number of aryl methyl sites for hydroxylation is 1. The van der Waals surface area contributed by atoms with Crippen LogP contribution >= 0.6 is 12.4 Å². The summed E-state index contributed by atoms with van der Waals surface area (Å²) >= 11 is 0. The van der Waals surface area contributed by atoms with Crippen LogP contribution in [-0.2, 0) is 11.3 Å². The fourth-order valence-corrected chi connectivity index (χ4v) is 3.07. The van der Waals surface area contributed by atoms with Crippen molar-refractivity contribution in [3.63, 3.8) is 0 Å². The minimum Gasteiger partial charge on any atom is -0.479 e. The highest BCUT2D eigenvalue weighted by Crippen LogP contribution is 2.12. The molecule has 1 aromatic heterocycles. The van der Waals surface area contributed by atoms with Crippen molar-refractivity contribution in [3.05, 3.63) is 30.6 Å². The van der Waals surface area contributed by atoms with Crippen molar-refractivity contribution in [1.82, 2.24) is 0 Å². The van der Waals surface area contributed by atoms with Crippen LogP contribution in [0.4, 0.5) is 0 Å². The third kappa shape index (κ3) is 25.4. The molecule has 0 aliphatic heterocycles. The summed E-state index contributed by atoms with van der Waals surface area (Å²) in [6.45, 7) is 4.67. The molecule has 1 aromatic rings. The lowest BCUT2D eigenvalue weighted by atomic mass is 10.0.